The number of carbonyl (C=O) groups is 2. The van der Waals surface area contributed by atoms with Gasteiger partial charge in [-0.05, 0) is 62.1 Å². The highest BCUT2D eigenvalue weighted by atomic mass is 19.1. The van der Waals surface area contributed by atoms with Gasteiger partial charge in [-0.3, -0.25) is 4.79 Å². The summed E-state index contributed by atoms with van der Waals surface area (Å²) in [5.41, 5.74) is 8.96. The van der Waals surface area contributed by atoms with Gasteiger partial charge in [-0.1, -0.05) is 42.5 Å². The SMILES string of the molecule is NC1(c2ccc(-c3nnc(NC(=O)C[C@H]4CC[C@H](N5CCOC5=O)CC4)cc3-c3ccccc3)cc2F)CC1. The normalized spacial score (nSPS) is 21.9. The molecule has 202 valence electrons. The van der Waals surface area contributed by atoms with Crippen LogP contribution < -0.4 is 11.1 Å². The third kappa shape index (κ3) is 5.36. The zero-order valence-corrected chi connectivity index (χ0v) is 21.7. The molecule has 2 heterocycles. The van der Waals surface area contributed by atoms with Gasteiger partial charge >= 0.3 is 6.09 Å². The minimum Gasteiger partial charge on any atom is -0.448 e. The molecule has 6 rings (SSSR count). The highest BCUT2D eigenvalue weighted by molar-refractivity contribution is 5.91. The molecule has 3 fully saturated rings. The van der Waals surface area contributed by atoms with Gasteiger partial charge in [0.1, 0.15) is 18.1 Å². The Hall–Kier alpha value is -3.85. The van der Waals surface area contributed by atoms with E-state index in [0.29, 0.717) is 42.2 Å². The average molecular weight is 530 g/mol. The van der Waals surface area contributed by atoms with Crippen LogP contribution in [0.3, 0.4) is 0 Å². The Morgan fingerprint density at radius 3 is 2.49 bits per heavy atom. The molecular formula is C30H32FN5O3. The highest BCUT2D eigenvalue weighted by Gasteiger charge is 2.42. The fourth-order valence-corrected chi connectivity index (χ4v) is 5.83. The molecule has 0 bridgehead atoms. The number of nitrogens with one attached hydrogen (secondary N) is 1. The average Bonchev–Trinajstić information content (AvgIpc) is 3.55. The Morgan fingerprint density at radius 1 is 1.05 bits per heavy atom. The Labute approximate surface area is 226 Å². The standard InChI is InChI=1S/C30H32FN5O3/c31-25-17-21(8-11-24(25)30(32)12-13-30)28-23(20-4-2-1-3-5-20)18-26(34-35-28)33-27(37)16-19-6-9-22(10-7-19)36-14-15-39-29(36)38/h1-5,8,11,17-19,22H,6-7,9-10,12-16,32H2,(H,33,34,37)/t19-,22-. The Kier molecular flexibility index (Phi) is 6.76. The molecule has 3 aromatic rings. The quantitative estimate of drug-likeness (QED) is 0.433. The molecule has 2 amide bonds. The molecule has 2 aromatic carbocycles. The molecule has 3 aliphatic rings. The van der Waals surface area contributed by atoms with Crippen molar-refractivity contribution in [2.45, 2.75) is 56.5 Å². The van der Waals surface area contributed by atoms with Crippen molar-refractivity contribution in [1.29, 1.82) is 0 Å². The van der Waals surface area contributed by atoms with Gasteiger partial charge in [0.2, 0.25) is 5.91 Å². The fraction of sp³-hybridized carbons (Fsp3) is 0.400. The van der Waals surface area contributed by atoms with Crippen molar-refractivity contribution in [2.75, 3.05) is 18.5 Å². The molecule has 8 nitrogen and oxygen atoms in total. The lowest BCUT2D eigenvalue weighted by molar-refractivity contribution is -0.117. The number of rotatable bonds is 7. The van der Waals surface area contributed by atoms with E-state index in [0.717, 1.165) is 49.7 Å². The number of hydrogen-bond donors (Lipinski definition) is 2. The number of amides is 2. The van der Waals surface area contributed by atoms with Gasteiger partial charge < -0.3 is 20.7 Å². The second-order valence-electron chi connectivity index (χ2n) is 10.9. The van der Waals surface area contributed by atoms with Crippen molar-refractivity contribution in [3.8, 4) is 22.4 Å². The molecule has 0 radical (unpaired) electrons. The number of anilines is 1. The van der Waals surface area contributed by atoms with Gasteiger partial charge in [0, 0.05) is 34.7 Å². The first kappa shape index (κ1) is 25.4. The number of carbonyl (C=O) groups excluding carboxylic acids is 2. The molecule has 2 saturated carbocycles. The Morgan fingerprint density at radius 2 is 1.82 bits per heavy atom. The number of cyclic esters (lactones) is 1. The third-order valence-corrected chi connectivity index (χ3v) is 8.24. The van der Waals surface area contributed by atoms with Crippen molar-refractivity contribution in [1.82, 2.24) is 15.1 Å². The first-order valence-corrected chi connectivity index (χ1v) is 13.7. The highest BCUT2D eigenvalue weighted by Crippen LogP contribution is 2.44. The topological polar surface area (TPSA) is 110 Å². The maximum Gasteiger partial charge on any atom is 0.410 e. The molecule has 1 aromatic heterocycles. The lowest BCUT2D eigenvalue weighted by Crippen LogP contribution is -2.39. The summed E-state index contributed by atoms with van der Waals surface area (Å²) < 4.78 is 20.1. The summed E-state index contributed by atoms with van der Waals surface area (Å²) in [5.74, 6) is 0.141. The van der Waals surface area contributed by atoms with Crippen LogP contribution in [0.25, 0.3) is 22.4 Å². The molecule has 0 unspecified atom stereocenters. The van der Waals surface area contributed by atoms with E-state index in [9.17, 15) is 9.59 Å². The first-order chi connectivity index (χ1) is 18.9. The van der Waals surface area contributed by atoms with Crippen LogP contribution in [0, 0.1) is 11.7 Å². The third-order valence-electron chi connectivity index (χ3n) is 8.24. The maximum atomic E-state index is 15.0. The molecular weight excluding hydrogens is 497 g/mol. The molecule has 39 heavy (non-hydrogen) atoms. The largest absolute Gasteiger partial charge is 0.448 e. The minimum atomic E-state index is -0.566. The smallest absolute Gasteiger partial charge is 0.410 e. The second kappa shape index (κ2) is 10.4. The number of halogens is 1. The van der Waals surface area contributed by atoms with Crippen LogP contribution in [0.1, 0.15) is 50.5 Å². The van der Waals surface area contributed by atoms with Gasteiger partial charge in [-0.2, -0.15) is 0 Å². The second-order valence-corrected chi connectivity index (χ2v) is 10.9. The van der Waals surface area contributed by atoms with E-state index in [4.69, 9.17) is 10.5 Å². The molecule has 3 N–H and O–H groups in total. The van der Waals surface area contributed by atoms with E-state index in [-0.39, 0.29) is 29.8 Å². The van der Waals surface area contributed by atoms with Gasteiger partial charge in [-0.15, -0.1) is 10.2 Å². The number of hydrogen-bond acceptors (Lipinski definition) is 6. The van der Waals surface area contributed by atoms with Crippen LogP contribution in [-0.4, -0.2) is 46.3 Å². The molecule has 1 saturated heterocycles. The lowest BCUT2D eigenvalue weighted by atomic mass is 9.83. The molecule has 0 spiro atoms. The van der Waals surface area contributed by atoms with Gasteiger partial charge in [0.05, 0.1) is 6.54 Å². The van der Waals surface area contributed by atoms with E-state index < -0.39 is 5.54 Å². The summed E-state index contributed by atoms with van der Waals surface area (Å²) >= 11 is 0. The van der Waals surface area contributed by atoms with E-state index >= 15 is 4.39 Å². The van der Waals surface area contributed by atoms with Crippen molar-refractivity contribution in [2.24, 2.45) is 11.7 Å². The van der Waals surface area contributed by atoms with E-state index in [2.05, 4.69) is 15.5 Å². The lowest BCUT2D eigenvalue weighted by Gasteiger charge is -2.32. The number of nitrogens with two attached hydrogens (primary N) is 1. The zero-order chi connectivity index (χ0) is 27.0. The van der Waals surface area contributed by atoms with E-state index in [1.807, 2.05) is 41.3 Å². The summed E-state index contributed by atoms with van der Waals surface area (Å²) in [6, 6.07) is 16.7. The van der Waals surface area contributed by atoms with Crippen LogP contribution in [-0.2, 0) is 15.1 Å². The monoisotopic (exact) mass is 529 g/mol. The first-order valence-electron chi connectivity index (χ1n) is 13.7. The molecule has 0 atom stereocenters. The number of ether oxygens (including phenoxy) is 1. The number of aromatic nitrogens is 2. The maximum absolute atomic E-state index is 15.0. The van der Waals surface area contributed by atoms with Crippen LogP contribution in [0.15, 0.2) is 54.6 Å². The van der Waals surface area contributed by atoms with Gasteiger partial charge in [0.25, 0.3) is 0 Å². The Balaban J connectivity index is 1.17. The van der Waals surface area contributed by atoms with Gasteiger partial charge in [0.15, 0.2) is 5.82 Å². The molecule has 1 aliphatic heterocycles. The van der Waals surface area contributed by atoms with Crippen molar-refractivity contribution >= 4 is 17.8 Å². The van der Waals surface area contributed by atoms with Crippen molar-refractivity contribution < 1.29 is 18.7 Å². The predicted molar refractivity (Wildman–Crippen MR) is 145 cm³/mol. The van der Waals surface area contributed by atoms with Crippen LogP contribution in [0.5, 0.6) is 0 Å². The molecule has 2 aliphatic carbocycles. The zero-order valence-electron chi connectivity index (χ0n) is 21.7. The summed E-state index contributed by atoms with van der Waals surface area (Å²) in [7, 11) is 0. The van der Waals surface area contributed by atoms with Crippen molar-refractivity contribution in [3.05, 3.63) is 66.0 Å². The van der Waals surface area contributed by atoms with Crippen LogP contribution in [0.2, 0.25) is 0 Å². The van der Waals surface area contributed by atoms with E-state index in [1.54, 1.807) is 12.1 Å². The summed E-state index contributed by atoms with van der Waals surface area (Å²) in [6.45, 7) is 1.11. The fourth-order valence-electron chi connectivity index (χ4n) is 5.83. The Bertz CT molecular complexity index is 1390. The predicted octanol–water partition coefficient (Wildman–Crippen LogP) is 5.24. The van der Waals surface area contributed by atoms with Crippen LogP contribution in [0.4, 0.5) is 15.0 Å². The van der Waals surface area contributed by atoms with Crippen LogP contribution >= 0.6 is 0 Å². The summed E-state index contributed by atoms with van der Waals surface area (Å²) in [6.07, 6.45) is 5.23. The minimum absolute atomic E-state index is 0.117. The van der Waals surface area contributed by atoms with Crippen molar-refractivity contribution in [3.63, 3.8) is 0 Å². The number of benzene rings is 2. The van der Waals surface area contributed by atoms with E-state index in [1.165, 1.54) is 6.07 Å². The summed E-state index contributed by atoms with van der Waals surface area (Å²) in [4.78, 5) is 26.6. The van der Waals surface area contributed by atoms with Gasteiger partial charge in [-0.25, -0.2) is 9.18 Å². The molecule has 9 heteroatoms. The number of nitrogens with zero attached hydrogens (tertiary/aromatic N) is 3. The summed E-state index contributed by atoms with van der Waals surface area (Å²) in [5, 5.41) is 11.6.